The molecule has 1 aromatic carbocycles. The third-order valence-electron chi connectivity index (χ3n) is 6.14. The van der Waals surface area contributed by atoms with Crippen LogP contribution in [-0.2, 0) is 21.8 Å². The zero-order valence-electron chi connectivity index (χ0n) is 18.6. The highest BCUT2D eigenvalue weighted by Gasteiger charge is 2.26. The summed E-state index contributed by atoms with van der Waals surface area (Å²) in [6, 6.07) is 8.41. The van der Waals surface area contributed by atoms with Gasteiger partial charge in [-0.3, -0.25) is 4.98 Å². The van der Waals surface area contributed by atoms with Crippen molar-refractivity contribution < 1.29 is 8.42 Å². The zero-order chi connectivity index (χ0) is 22.2. The van der Waals surface area contributed by atoms with Crippen LogP contribution in [0, 0.1) is 5.92 Å². The highest BCUT2D eigenvalue weighted by Crippen LogP contribution is 2.33. The van der Waals surface area contributed by atoms with E-state index < -0.39 is 9.84 Å². The van der Waals surface area contributed by atoms with Crippen LogP contribution in [0.15, 0.2) is 52.9 Å². The first-order chi connectivity index (χ1) is 14.7. The molecule has 1 aliphatic carbocycles. The number of hydrogen-bond donors (Lipinski definition) is 0. The molecule has 1 fully saturated rings. The summed E-state index contributed by atoms with van der Waals surface area (Å²) in [4.78, 5) is 9.51. The SMILES string of the molecule is C=Cc1cc(S(=O)(=O)c2ccc3c(c2)nc(C(C)(C)C)n3CC2CCCCC2)ccn1. The monoisotopic (exact) mass is 437 g/mol. The Morgan fingerprint density at radius 1 is 1.10 bits per heavy atom. The molecule has 0 atom stereocenters. The molecule has 2 aromatic heterocycles. The fraction of sp³-hybridized carbons (Fsp3) is 0.440. The molecule has 0 spiro atoms. The van der Waals surface area contributed by atoms with Gasteiger partial charge in [-0.15, -0.1) is 0 Å². The Bertz CT molecular complexity index is 1210. The number of fused-ring (bicyclic) bond motifs is 1. The first-order valence-electron chi connectivity index (χ1n) is 11.0. The summed E-state index contributed by atoms with van der Waals surface area (Å²) < 4.78 is 28.8. The van der Waals surface area contributed by atoms with E-state index in [1.807, 2.05) is 6.07 Å². The molecule has 3 aromatic rings. The highest BCUT2D eigenvalue weighted by atomic mass is 32.2. The maximum atomic E-state index is 13.3. The summed E-state index contributed by atoms with van der Waals surface area (Å²) >= 11 is 0. The molecule has 0 bridgehead atoms. The number of rotatable bonds is 5. The molecule has 164 valence electrons. The molecule has 4 rings (SSSR count). The lowest BCUT2D eigenvalue weighted by molar-refractivity contribution is 0.313. The molecule has 0 aliphatic heterocycles. The largest absolute Gasteiger partial charge is 0.327 e. The Morgan fingerprint density at radius 2 is 1.81 bits per heavy atom. The molecule has 0 radical (unpaired) electrons. The van der Waals surface area contributed by atoms with Gasteiger partial charge in [0.1, 0.15) is 5.82 Å². The predicted octanol–water partition coefficient (Wildman–Crippen LogP) is 5.78. The average molecular weight is 438 g/mol. The van der Waals surface area contributed by atoms with E-state index in [2.05, 4.69) is 36.9 Å². The second-order valence-corrected chi connectivity index (χ2v) is 11.5. The Balaban J connectivity index is 1.79. The van der Waals surface area contributed by atoms with Gasteiger partial charge < -0.3 is 4.57 Å². The second kappa shape index (κ2) is 8.23. The van der Waals surface area contributed by atoms with E-state index in [9.17, 15) is 8.42 Å². The van der Waals surface area contributed by atoms with Crippen LogP contribution in [0.1, 0.15) is 64.4 Å². The van der Waals surface area contributed by atoms with Crippen LogP contribution in [0.5, 0.6) is 0 Å². The van der Waals surface area contributed by atoms with Gasteiger partial charge in [-0.1, -0.05) is 46.6 Å². The number of aromatic nitrogens is 3. The summed E-state index contributed by atoms with van der Waals surface area (Å²) in [5, 5.41) is 0. The van der Waals surface area contributed by atoms with Crippen LogP contribution in [0.3, 0.4) is 0 Å². The lowest BCUT2D eigenvalue weighted by atomic mass is 9.88. The van der Waals surface area contributed by atoms with E-state index >= 15 is 0 Å². The minimum Gasteiger partial charge on any atom is -0.327 e. The first-order valence-corrected chi connectivity index (χ1v) is 12.5. The van der Waals surface area contributed by atoms with Crippen molar-refractivity contribution >= 4 is 26.9 Å². The van der Waals surface area contributed by atoms with Crippen molar-refractivity contribution in [3.8, 4) is 0 Å². The number of hydrogen-bond acceptors (Lipinski definition) is 4. The van der Waals surface area contributed by atoms with Crippen LogP contribution >= 0.6 is 0 Å². The van der Waals surface area contributed by atoms with Crippen molar-refractivity contribution in [3.63, 3.8) is 0 Å². The fourth-order valence-electron chi connectivity index (χ4n) is 4.50. The lowest BCUT2D eigenvalue weighted by Gasteiger charge is -2.26. The van der Waals surface area contributed by atoms with E-state index in [-0.39, 0.29) is 15.2 Å². The van der Waals surface area contributed by atoms with E-state index in [0.717, 1.165) is 23.4 Å². The number of sulfone groups is 1. The first kappa shape index (κ1) is 21.8. The standard InChI is InChI=1S/C25H31N3O2S/c1-5-19-15-21(13-14-26-19)31(29,30)20-11-12-23-22(16-20)27-24(25(2,3)4)28(23)17-18-9-7-6-8-10-18/h5,11-16,18H,1,6-10,17H2,2-4H3. The topological polar surface area (TPSA) is 64.8 Å². The number of pyridine rings is 1. The number of imidazole rings is 1. The molecule has 0 saturated heterocycles. The normalized spacial score (nSPS) is 16.0. The van der Waals surface area contributed by atoms with E-state index in [1.165, 1.54) is 44.4 Å². The fourth-order valence-corrected chi connectivity index (χ4v) is 5.81. The molecule has 0 amide bonds. The molecule has 0 N–H and O–H groups in total. The lowest BCUT2D eigenvalue weighted by Crippen LogP contribution is -2.22. The molecular formula is C25H31N3O2S. The van der Waals surface area contributed by atoms with Crippen LogP contribution in [-0.4, -0.2) is 23.0 Å². The number of nitrogens with zero attached hydrogens (tertiary/aromatic N) is 3. The molecule has 5 nitrogen and oxygen atoms in total. The van der Waals surface area contributed by atoms with E-state index in [4.69, 9.17) is 4.98 Å². The van der Waals surface area contributed by atoms with Crippen LogP contribution in [0.2, 0.25) is 0 Å². The van der Waals surface area contributed by atoms with Gasteiger partial charge in [-0.05, 0) is 55.2 Å². The van der Waals surface area contributed by atoms with E-state index in [1.54, 1.807) is 24.3 Å². The second-order valence-electron chi connectivity index (χ2n) is 9.57. The molecule has 2 heterocycles. The molecular weight excluding hydrogens is 406 g/mol. The Hall–Kier alpha value is -2.47. The summed E-state index contributed by atoms with van der Waals surface area (Å²) in [5.74, 6) is 1.67. The van der Waals surface area contributed by atoms with Gasteiger partial charge in [-0.25, -0.2) is 13.4 Å². The molecule has 1 saturated carbocycles. The summed E-state index contributed by atoms with van der Waals surface area (Å²) in [6.07, 6.45) is 9.47. The molecule has 31 heavy (non-hydrogen) atoms. The highest BCUT2D eigenvalue weighted by molar-refractivity contribution is 7.91. The summed E-state index contributed by atoms with van der Waals surface area (Å²) in [5.41, 5.74) is 2.15. The Labute approximate surface area is 185 Å². The van der Waals surface area contributed by atoms with Crippen molar-refractivity contribution in [2.24, 2.45) is 5.92 Å². The van der Waals surface area contributed by atoms with Crippen molar-refractivity contribution in [1.82, 2.24) is 14.5 Å². The van der Waals surface area contributed by atoms with Crippen molar-refractivity contribution in [2.75, 3.05) is 0 Å². The number of benzene rings is 1. The summed E-state index contributed by atoms with van der Waals surface area (Å²) in [7, 11) is -3.67. The summed E-state index contributed by atoms with van der Waals surface area (Å²) in [6.45, 7) is 11.1. The van der Waals surface area contributed by atoms with Crippen molar-refractivity contribution in [1.29, 1.82) is 0 Å². The van der Waals surface area contributed by atoms with Crippen molar-refractivity contribution in [3.05, 3.63) is 54.6 Å². The Kier molecular flexibility index (Phi) is 5.77. The minimum absolute atomic E-state index is 0.128. The smallest absolute Gasteiger partial charge is 0.206 e. The van der Waals surface area contributed by atoms with Gasteiger partial charge in [0.05, 0.1) is 26.5 Å². The van der Waals surface area contributed by atoms with Crippen LogP contribution in [0.4, 0.5) is 0 Å². The molecule has 1 aliphatic rings. The zero-order valence-corrected chi connectivity index (χ0v) is 19.5. The molecule has 0 unspecified atom stereocenters. The van der Waals surface area contributed by atoms with Crippen LogP contribution < -0.4 is 0 Å². The van der Waals surface area contributed by atoms with Crippen LogP contribution in [0.25, 0.3) is 17.1 Å². The minimum atomic E-state index is -3.67. The van der Waals surface area contributed by atoms with E-state index in [0.29, 0.717) is 11.6 Å². The van der Waals surface area contributed by atoms with Gasteiger partial charge in [0.15, 0.2) is 0 Å². The Morgan fingerprint density at radius 3 is 2.48 bits per heavy atom. The predicted molar refractivity (Wildman–Crippen MR) is 125 cm³/mol. The van der Waals surface area contributed by atoms with Crippen molar-refractivity contribution in [2.45, 2.75) is 74.6 Å². The quantitative estimate of drug-likeness (QED) is 0.507. The van der Waals surface area contributed by atoms with Gasteiger partial charge >= 0.3 is 0 Å². The third-order valence-corrected chi connectivity index (χ3v) is 7.89. The molecule has 6 heteroatoms. The maximum Gasteiger partial charge on any atom is 0.206 e. The van der Waals surface area contributed by atoms with Gasteiger partial charge in [0.25, 0.3) is 0 Å². The van der Waals surface area contributed by atoms with Gasteiger partial charge in [-0.2, -0.15) is 0 Å². The van der Waals surface area contributed by atoms with Gasteiger partial charge in [0.2, 0.25) is 9.84 Å². The third kappa shape index (κ3) is 4.31. The van der Waals surface area contributed by atoms with Gasteiger partial charge in [0, 0.05) is 18.2 Å². The maximum absolute atomic E-state index is 13.3. The average Bonchev–Trinajstić information content (AvgIpc) is 3.12.